The number of aromatic nitrogens is 1. The van der Waals surface area contributed by atoms with E-state index in [0.29, 0.717) is 0 Å². The maximum atomic E-state index is 3.26. The van der Waals surface area contributed by atoms with Crippen LogP contribution in [0.25, 0.3) is 11.3 Å². The second kappa shape index (κ2) is 3.93. The molecule has 1 nitrogen and oxygen atoms in total. The first kappa shape index (κ1) is 9.41. The van der Waals surface area contributed by atoms with Gasteiger partial charge in [-0.2, -0.15) is 0 Å². The summed E-state index contributed by atoms with van der Waals surface area (Å²) in [5.41, 5.74) is 3.78. The molecule has 1 aromatic carbocycles. The van der Waals surface area contributed by atoms with Crippen LogP contribution in [-0.4, -0.2) is 11.2 Å². The third-order valence-electron chi connectivity index (χ3n) is 2.31. The normalized spacial score (nSPS) is 10.4. The zero-order valence-corrected chi connectivity index (χ0v) is 9.19. The molecular formula is C12H13NS. The number of hydrogen-bond acceptors (Lipinski definition) is 1. The standard InChI is InChI=1S/C12H13NS/c1-9-6-7-13-12(9)10-4-3-5-11(8-10)14-2/h3-8,13H,1-2H3. The van der Waals surface area contributed by atoms with Gasteiger partial charge in [0.25, 0.3) is 0 Å². The van der Waals surface area contributed by atoms with Gasteiger partial charge >= 0.3 is 0 Å². The first-order chi connectivity index (χ1) is 6.81. The van der Waals surface area contributed by atoms with E-state index in [0.717, 1.165) is 0 Å². The van der Waals surface area contributed by atoms with Crippen molar-refractivity contribution in [2.45, 2.75) is 11.8 Å². The smallest absolute Gasteiger partial charge is 0.0484 e. The number of aryl methyl sites for hydroxylation is 1. The van der Waals surface area contributed by atoms with E-state index in [-0.39, 0.29) is 0 Å². The molecule has 2 rings (SSSR count). The lowest BCUT2D eigenvalue weighted by Gasteiger charge is -2.02. The van der Waals surface area contributed by atoms with Crippen molar-refractivity contribution in [1.29, 1.82) is 0 Å². The number of benzene rings is 1. The predicted octanol–water partition coefficient (Wildman–Crippen LogP) is 3.71. The molecule has 1 heterocycles. The molecule has 0 fully saturated rings. The van der Waals surface area contributed by atoms with E-state index < -0.39 is 0 Å². The Balaban J connectivity index is 2.47. The Morgan fingerprint density at radius 3 is 2.71 bits per heavy atom. The summed E-state index contributed by atoms with van der Waals surface area (Å²) in [6, 6.07) is 10.7. The lowest BCUT2D eigenvalue weighted by molar-refractivity contribution is 1.35. The molecule has 2 heteroatoms. The average molecular weight is 203 g/mol. The highest BCUT2D eigenvalue weighted by Gasteiger charge is 2.02. The lowest BCUT2D eigenvalue weighted by atomic mass is 10.1. The molecule has 0 spiro atoms. The summed E-state index contributed by atoms with van der Waals surface area (Å²) in [5, 5.41) is 0. The minimum Gasteiger partial charge on any atom is -0.361 e. The summed E-state index contributed by atoms with van der Waals surface area (Å²) in [5.74, 6) is 0. The first-order valence-electron chi connectivity index (χ1n) is 4.59. The van der Waals surface area contributed by atoms with E-state index in [9.17, 15) is 0 Å². The molecule has 0 amide bonds. The molecule has 1 N–H and O–H groups in total. The lowest BCUT2D eigenvalue weighted by Crippen LogP contribution is -1.80. The van der Waals surface area contributed by atoms with Crippen LogP contribution in [0, 0.1) is 6.92 Å². The fraction of sp³-hybridized carbons (Fsp3) is 0.167. The number of hydrogen-bond donors (Lipinski definition) is 1. The van der Waals surface area contributed by atoms with Crippen molar-refractivity contribution in [3.05, 3.63) is 42.1 Å². The number of H-pyrrole nitrogens is 1. The molecule has 0 aliphatic heterocycles. The van der Waals surface area contributed by atoms with Crippen molar-refractivity contribution in [3.8, 4) is 11.3 Å². The Kier molecular flexibility index (Phi) is 2.64. The van der Waals surface area contributed by atoms with Crippen LogP contribution in [0.4, 0.5) is 0 Å². The van der Waals surface area contributed by atoms with Crippen molar-refractivity contribution in [2.24, 2.45) is 0 Å². The summed E-state index contributed by atoms with van der Waals surface area (Å²) in [6.07, 6.45) is 4.08. The maximum Gasteiger partial charge on any atom is 0.0484 e. The van der Waals surface area contributed by atoms with Gasteiger partial charge in [0.15, 0.2) is 0 Å². The van der Waals surface area contributed by atoms with Crippen molar-refractivity contribution in [3.63, 3.8) is 0 Å². The fourth-order valence-corrected chi connectivity index (χ4v) is 2.00. The summed E-state index contributed by atoms with van der Waals surface area (Å²) < 4.78 is 0. The van der Waals surface area contributed by atoms with E-state index in [4.69, 9.17) is 0 Å². The fourth-order valence-electron chi connectivity index (χ4n) is 1.54. The number of nitrogens with one attached hydrogen (secondary N) is 1. The summed E-state index contributed by atoms with van der Waals surface area (Å²) in [4.78, 5) is 4.57. The van der Waals surface area contributed by atoms with Crippen LogP contribution in [0.1, 0.15) is 5.56 Å². The van der Waals surface area contributed by atoms with Crippen LogP contribution < -0.4 is 0 Å². The molecule has 0 unspecified atom stereocenters. The predicted molar refractivity (Wildman–Crippen MR) is 62.7 cm³/mol. The van der Waals surface area contributed by atoms with E-state index in [1.54, 1.807) is 11.8 Å². The van der Waals surface area contributed by atoms with E-state index in [1.807, 2.05) is 6.20 Å². The molecule has 0 saturated carbocycles. The molecule has 1 aromatic heterocycles. The van der Waals surface area contributed by atoms with Crippen molar-refractivity contribution in [2.75, 3.05) is 6.26 Å². The van der Waals surface area contributed by atoms with Gasteiger partial charge in [-0.3, -0.25) is 0 Å². The highest BCUT2D eigenvalue weighted by Crippen LogP contribution is 2.25. The highest BCUT2D eigenvalue weighted by molar-refractivity contribution is 7.98. The molecule has 0 bridgehead atoms. The van der Waals surface area contributed by atoms with Gasteiger partial charge in [0.1, 0.15) is 0 Å². The molecule has 72 valence electrons. The van der Waals surface area contributed by atoms with Crippen molar-refractivity contribution < 1.29 is 0 Å². The highest BCUT2D eigenvalue weighted by atomic mass is 32.2. The second-order valence-electron chi connectivity index (χ2n) is 3.27. The topological polar surface area (TPSA) is 15.8 Å². The van der Waals surface area contributed by atoms with Gasteiger partial charge in [-0.25, -0.2) is 0 Å². The monoisotopic (exact) mass is 203 g/mol. The molecule has 2 aromatic rings. The van der Waals surface area contributed by atoms with Gasteiger partial charge < -0.3 is 4.98 Å². The minimum absolute atomic E-state index is 1.22. The molecule has 0 aliphatic carbocycles. The Hall–Kier alpha value is -1.15. The van der Waals surface area contributed by atoms with E-state index in [2.05, 4.69) is 48.5 Å². The first-order valence-corrected chi connectivity index (χ1v) is 5.82. The largest absolute Gasteiger partial charge is 0.361 e. The summed E-state index contributed by atoms with van der Waals surface area (Å²) >= 11 is 1.77. The third-order valence-corrected chi connectivity index (χ3v) is 3.04. The zero-order valence-electron chi connectivity index (χ0n) is 8.37. The van der Waals surface area contributed by atoms with Crippen LogP contribution in [0.2, 0.25) is 0 Å². The molecular weight excluding hydrogens is 190 g/mol. The van der Waals surface area contributed by atoms with Crippen LogP contribution in [-0.2, 0) is 0 Å². The SMILES string of the molecule is CSc1cccc(-c2[nH]ccc2C)c1. The summed E-state index contributed by atoms with van der Waals surface area (Å²) in [7, 11) is 0. The van der Waals surface area contributed by atoms with Crippen LogP contribution in [0.5, 0.6) is 0 Å². The molecule has 0 radical (unpaired) electrons. The van der Waals surface area contributed by atoms with Gasteiger partial charge in [-0.15, -0.1) is 11.8 Å². The minimum atomic E-state index is 1.22. The van der Waals surface area contributed by atoms with Crippen LogP contribution in [0.3, 0.4) is 0 Å². The van der Waals surface area contributed by atoms with Gasteiger partial charge in [-0.1, -0.05) is 12.1 Å². The van der Waals surface area contributed by atoms with Gasteiger partial charge in [0.2, 0.25) is 0 Å². The Labute approximate surface area is 88.6 Å². The number of aromatic amines is 1. The van der Waals surface area contributed by atoms with Crippen molar-refractivity contribution >= 4 is 11.8 Å². The average Bonchev–Trinajstić information content (AvgIpc) is 2.65. The van der Waals surface area contributed by atoms with Gasteiger partial charge in [0, 0.05) is 16.8 Å². The zero-order chi connectivity index (χ0) is 9.97. The van der Waals surface area contributed by atoms with Gasteiger partial charge in [0.05, 0.1) is 0 Å². The molecule has 0 atom stereocenters. The number of rotatable bonds is 2. The van der Waals surface area contributed by atoms with E-state index in [1.165, 1.54) is 21.7 Å². The number of thioether (sulfide) groups is 1. The molecule has 14 heavy (non-hydrogen) atoms. The van der Waals surface area contributed by atoms with Gasteiger partial charge in [-0.05, 0) is 42.5 Å². The van der Waals surface area contributed by atoms with Crippen molar-refractivity contribution in [1.82, 2.24) is 4.98 Å². The van der Waals surface area contributed by atoms with Crippen LogP contribution >= 0.6 is 11.8 Å². The second-order valence-corrected chi connectivity index (χ2v) is 4.15. The van der Waals surface area contributed by atoms with E-state index >= 15 is 0 Å². The Bertz CT molecular complexity index is 431. The Morgan fingerprint density at radius 2 is 2.07 bits per heavy atom. The molecule has 0 saturated heterocycles. The quantitative estimate of drug-likeness (QED) is 0.736. The Morgan fingerprint density at radius 1 is 1.21 bits per heavy atom. The third kappa shape index (κ3) is 1.70. The maximum absolute atomic E-state index is 3.26. The van der Waals surface area contributed by atoms with Crippen LogP contribution in [0.15, 0.2) is 41.4 Å². The summed E-state index contributed by atoms with van der Waals surface area (Å²) in [6.45, 7) is 2.12. The molecule has 0 aliphatic rings.